The second-order valence-corrected chi connectivity index (χ2v) is 10.5. The molecule has 2 N–H and O–H groups in total. The third-order valence-electron chi connectivity index (χ3n) is 8.00. The molecule has 6 aromatic carbocycles. The molecule has 0 saturated heterocycles. The van der Waals surface area contributed by atoms with Gasteiger partial charge < -0.3 is 14.6 Å². The minimum absolute atomic E-state index is 0.416. The van der Waals surface area contributed by atoms with Gasteiger partial charge in [-0.2, -0.15) is 0 Å². The Bertz CT molecular complexity index is 2290. The summed E-state index contributed by atoms with van der Waals surface area (Å²) in [5.74, 6) is 0.446. The van der Waals surface area contributed by atoms with E-state index in [1.807, 2.05) is 48.5 Å². The van der Waals surface area contributed by atoms with Crippen molar-refractivity contribution >= 4 is 49.7 Å². The first-order valence-electron chi connectivity index (χ1n) is 14.0. The molecule has 2 aromatic heterocycles. The Morgan fingerprint density at radius 1 is 0.548 bits per heavy atom. The van der Waals surface area contributed by atoms with Crippen LogP contribution in [0.5, 0.6) is 0 Å². The maximum absolute atomic E-state index is 6.60. The lowest BCUT2D eigenvalue weighted by Gasteiger charge is -2.10. The summed E-state index contributed by atoms with van der Waals surface area (Å²) in [7, 11) is 0. The molecule has 0 radical (unpaired) electrons. The maximum Gasteiger partial charge on any atom is 0.146 e. The highest BCUT2D eigenvalue weighted by atomic mass is 16.3. The Balaban J connectivity index is 1.22. The Morgan fingerprint density at radius 2 is 1.24 bits per heavy atom. The van der Waals surface area contributed by atoms with E-state index in [0.29, 0.717) is 12.4 Å². The lowest BCUT2D eigenvalue weighted by Crippen LogP contribution is -2.14. The van der Waals surface area contributed by atoms with Crippen LogP contribution >= 0.6 is 0 Å². The van der Waals surface area contributed by atoms with Crippen molar-refractivity contribution in [2.24, 2.45) is 10.7 Å². The first-order chi connectivity index (χ1) is 20.7. The summed E-state index contributed by atoms with van der Waals surface area (Å²) in [6.07, 6.45) is 0. The summed E-state index contributed by atoms with van der Waals surface area (Å²) in [4.78, 5) is 4.85. The molecular weight excluding hydrogens is 516 g/mol. The molecule has 0 unspecified atom stereocenters. The van der Waals surface area contributed by atoms with Gasteiger partial charge in [-0.1, -0.05) is 103 Å². The van der Waals surface area contributed by atoms with Gasteiger partial charge >= 0.3 is 0 Å². The highest BCUT2D eigenvalue weighted by Gasteiger charge is 2.16. The number of hydrogen-bond acceptors (Lipinski definition) is 3. The van der Waals surface area contributed by atoms with Crippen molar-refractivity contribution in [1.29, 1.82) is 0 Å². The lowest BCUT2D eigenvalue weighted by molar-refractivity contribution is 0.667. The average molecular weight is 543 g/mol. The van der Waals surface area contributed by atoms with Crippen LogP contribution in [-0.4, -0.2) is 5.84 Å². The van der Waals surface area contributed by atoms with Crippen molar-refractivity contribution in [3.05, 3.63) is 145 Å². The van der Waals surface area contributed by atoms with Crippen molar-refractivity contribution in [3.63, 3.8) is 0 Å². The summed E-state index contributed by atoms with van der Waals surface area (Å²) in [5.41, 5.74) is 16.4. The zero-order valence-corrected chi connectivity index (χ0v) is 22.7. The smallest absolute Gasteiger partial charge is 0.146 e. The molecule has 42 heavy (non-hydrogen) atoms. The molecule has 2 heterocycles. The Kier molecular flexibility index (Phi) is 5.64. The molecule has 0 spiro atoms. The number of benzene rings is 6. The molecule has 200 valence electrons. The fourth-order valence-corrected chi connectivity index (χ4v) is 6.01. The third-order valence-corrected chi connectivity index (χ3v) is 8.00. The number of nitrogens with zero attached hydrogens (tertiary/aromatic N) is 1. The molecule has 0 amide bonds. The zero-order valence-electron chi connectivity index (χ0n) is 22.7. The minimum Gasteiger partial charge on any atom is -0.456 e. The van der Waals surface area contributed by atoms with Gasteiger partial charge in [0.25, 0.3) is 0 Å². The standard InChI is InChI=1S/C38H26N2O2/c39-38(31-17-9-16-30-29-15-6-7-18-33(29)42-37(30)31)40-23-26-12-8-19-35-36(26)32-22-25(20-21-34(32)41-35)28-14-5-4-13-27(28)24-10-2-1-3-11-24/h1-22H,23H2,(H2,39,40). The number of nitrogens with two attached hydrogens (primary N) is 1. The lowest BCUT2D eigenvalue weighted by atomic mass is 9.93. The molecular formula is C38H26N2O2. The topological polar surface area (TPSA) is 64.7 Å². The first-order valence-corrected chi connectivity index (χ1v) is 14.0. The van der Waals surface area contributed by atoms with Gasteiger partial charge in [0.15, 0.2) is 0 Å². The average Bonchev–Trinajstić information content (AvgIpc) is 3.62. The van der Waals surface area contributed by atoms with Crippen molar-refractivity contribution < 1.29 is 8.83 Å². The summed E-state index contributed by atoms with van der Waals surface area (Å²) in [5, 5.41) is 4.23. The Hall–Kier alpha value is -5.61. The van der Waals surface area contributed by atoms with Crippen LogP contribution in [0.2, 0.25) is 0 Å². The summed E-state index contributed by atoms with van der Waals surface area (Å²) < 4.78 is 12.5. The number of aliphatic imine (C=N–C) groups is 1. The van der Waals surface area contributed by atoms with E-state index in [1.54, 1.807) is 0 Å². The molecule has 0 bridgehead atoms. The fourth-order valence-electron chi connectivity index (χ4n) is 6.01. The monoisotopic (exact) mass is 542 g/mol. The van der Waals surface area contributed by atoms with E-state index in [-0.39, 0.29) is 0 Å². The van der Waals surface area contributed by atoms with Crippen LogP contribution in [0.3, 0.4) is 0 Å². The van der Waals surface area contributed by atoms with Crippen molar-refractivity contribution in [1.82, 2.24) is 0 Å². The van der Waals surface area contributed by atoms with Gasteiger partial charge in [0, 0.05) is 21.5 Å². The van der Waals surface area contributed by atoms with Crippen LogP contribution in [0.25, 0.3) is 66.1 Å². The van der Waals surface area contributed by atoms with E-state index in [0.717, 1.165) is 60.6 Å². The normalized spacial score (nSPS) is 12.1. The number of amidine groups is 1. The number of fused-ring (bicyclic) bond motifs is 6. The quantitative estimate of drug-likeness (QED) is 0.174. The van der Waals surface area contributed by atoms with Crippen LogP contribution in [0, 0.1) is 0 Å². The molecule has 0 aliphatic heterocycles. The summed E-state index contributed by atoms with van der Waals surface area (Å²) in [6, 6.07) is 45.6. The Labute approximate surface area is 242 Å². The van der Waals surface area contributed by atoms with Gasteiger partial charge in [0.2, 0.25) is 0 Å². The summed E-state index contributed by atoms with van der Waals surface area (Å²) in [6.45, 7) is 0.416. The van der Waals surface area contributed by atoms with Gasteiger partial charge in [0.05, 0.1) is 12.1 Å². The van der Waals surface area contributed by atoms with Crippen LogP contribution < -0.4 is 5.73 Å². The predicted octanol–water partition coefficient (Wildman–Crippen LogP) is 9.72. The SMILES string of the molecule is NC(=NCc1cccc2oc3ccc(-c4ccccc4-c4ccccc4)cc3c12)c1cccc2c1oc1ccccc12. The Morgan fingerprint density at radius 3 is 2.12 bits per heavy atom. The van der Waals surface area contributed by atoms with Crippen LogP contribution in [0.4, 0.5) is 0 Å². The zero-order chi connectivity index (χ0) is 28.0. The number of para-hydroxylation sites is 2. The largest absolute Gasteiger partial charge is 0.456 e. The molecule has 0 aliphatic rings. The second kappa shape index (κ2) is 9.79. The van der Waals surface area contributed by atoms with Gasteiger partial charge in [-0.25, -0.2) is 0 Å². The fraction of sp³-hybridized carbons (Fsp3) is 0.0263. The molecule has 0 aliphatic carbocycles. The second-order valence-electron chi connectivity index (χ2n) is 10.5. The van der Waals surface area contributed by atoms with Gasteiger partial charge in [-0.3, -0.25) is 4.99 Å². The summed E-state index contributed by atoms with van der Waals surface area (Å²) >= 11 is 0. The molecule has 0 saturated carbocycles. The molecule has 4 nitrogen and oxygen atoms in total. The van der Waals surface area contributed by atoms with E-state index in [1.165, 1.54) is 16.7 Å². The van der Waals surface area contributed by atoms with Gasteiger partial charge in [-0.15, -0.1) is 0 Å². The van der Waals surface area contributed by atoms with Crippen LogP contribution in [0.15, 0.2) is 147 Å². The van der Waals surface area contributed by atoms with E-state index in [2.05, 4.69) is 84.9 Å². The van der Waals surface area contributed by atoms with E-state index in [9.17, 15) is 0 Å². The highest BCUT2D eigenvalue weighted by Crippen LogP contribution is 2.38. The van der Waals surface area contributed by atoms with Crippen molar-refractivity contribution in [3.8, 4) is 22.3 Å². The molecule has 8 rings (SSSR count). The minimum atomic E-state index is 0.416. The number of rotatable bonds is 5. The van der Waals surface area contributed by atoms with Gasteiger partial charge in [-0.05, 0) is 58.1 Å². The van der Waals surface area contributed by atoms with E-state index >= 15 is 0 Å². The number of hydrogen-bond donors (Lipinski definition) is 1. The van der Waals surface area contributed by atoms with E-state index < -0.39 is 0 Å². The van der Waals surface area contributed by atoms with Crippen LogP contribution in [-0.2, 0) is 6.54 Å². The first kappa shape index (κ1) is 24.2. The highest BCUT2D eigenvalue weighted by molar-refractivity contribution is 6.14. The maximum atomic E-state index is 6.60. The molecule has 0 fully saturated rings. The third kappa shape index (κ3) is 3.96. The molecule has 8 aromatic rings. The van der Waals surface area contributed by atoms with Crippen LogP contribution in [0.1, 0.15) is 11.1 Å². The predicted molar refractivity (Wildman–Crippen MR) is 173 cm³/mol. The van der Waals surface area contributed by atoms with Gasteiger partial charge in [0.1, 0.15) is 28.2 Å². The van der Waals surface area contributed by atoms with E-state index in [4.69, 9.17) is 19.6 Å². The van der Waals surface area contributed by atoms with Crippen molar-refractivity contribution in [2.45, 2.75) is 6.54 Å². The molecule has 0 atom stereocenters. The number of furan rings is 2. The van der Waals surface area contributed by atoms with Crippen molar-refractivity contribution in [2.75, 3.05) is 0 Å². The molecule has 4 heteroatoms.